The van der Waals surface area contributed by atoms with Crippen LogP contribution in [0.2, 0.25) is 0 Å². The Morgan fingerprint density at radius 1 is 1.00 bits per heavy atom. The predicted molar refractivity (Wildman–Crippen MR) is 82.7 cm³/mol. The summed E-state index contributed by atoms with van der Waals surface area (Å²) in [6, 6.07) is 16.2. The molecule has 0 heterocycles. The summed E-state index contributed by atoms with van der Waals surface area (Å²) >= 11 is 0. The van der Waals surface area contributed by atoms with E-state index >= 15 is 0 Å². The van der Waals surface area contributed by atoms with Gasteiger partial charge in [-0.15, -0.1) is 0 Å². The lowest BCUT2D eigenvalue weighted by molar-refractivity contribution is -0.119. The monoisotopic (exact) mass is 268 g/mol. The lowest BCUT2D eigenvalue weighted by Crippen LogP contribution is -2.20. The topological polar surface area (TPSA) is 41.1 Å². The maximum Gasteiger partial charge on any atom is 0.224 e. The van der Waals surface area contributed by atoms with E-state index in [1.165, 1.54) is 11.1 Å². The summed E-state index contributed by atoms with van der Waals surface area (Å²) in [6.07, 6.45) is 0.396. The molecule has 0 unspecified atom stereocenters. The summed E-state index contributed by atoms with van der Waals surface area (Å²) in [6.45, 7) is 2.87. The fourth-order valence-corrected chi connectivity index (χ4v) is 2.11. The van der Waals surface area contributed by atoms with Crippen molar-refractivity contribution in [2.24, 2.45) is 0 Å². The molecule has 0 saturated carbocycles. The summed E-state index contributed by atoms with van der Waals surface area (Å²) in [4.78, 5) is 11.5. The minimum absolute atomic E-state index is 0.0233. The molecule has 3 heteroatoms. The first-order valence-corrected chi connectivity index (χ1v) is 6.77. The van der Waals surface area contributed by atoms with Gasteiger partial charge in [0, 0.05) is 19.3 Å². The lowest BCUT2D eigenvalue weighted by atomic mass is 10.1. The minimum atomic E-state index is 0.0233. The third-order valence-corrected chi connectivity index (χ3v) is 3.38. The third-order valence-electron chi connectivity index (χ3n) is 3.38. The highest BCUT2D eigenvalue weighted by atomic mass is 16.1. The summed E-state index contributed by atoms with van der Waals surface area (Å²) in [7, 11) is 1.66. The molecular weight excluding hydrogens is 248 g/mol. The van der Waals surface area contributed by atoms with Crippen molar-refractivity contribution < 1.29 is 4.79 Å². The Morgan fingerprint density at radius 3 is 2.35 bits per heavy atom. The average molecular weight is 268 g/mol. The van der Waals surface area contributed by atoms with E-state index in [1.54, 1.807) is 7.05 Å². The Morgan fingerprint density at radius 2 is 1.65 bits per heavy atom. The Kier molecular flexibility index (Phi) is 4.77. The molecule has 2 N–H and O–H groups in total. The van der Waals surface area contributed by atoms with Crippen LogP contribution in [-0.2, 0) is 17.8 Å². The van der Waals surface area contributed by atoms with E-state index in [0.717, 1.165) is 17.8 Å². The van der Waals surface area contributed by atoms with Gasteiger partial charge in [-0.05, 0) is 29.7 Å². The Labute approximate surface area is 120 Å². The molecule has 0 saturated heterocycles. The minimum Gasteiger partial charge on any atom is -0.381 e. The van der Waals surface area contributed by atoms with Crippen LogP contribution in [0.25, 0.3) is 0 Å². The number of para-hydroxylation sites is 1. The highest BCUT2D eigenvalue weighted by Crippen LogP contribution is 2.17. The number of aryl methyl sites for hydroxylation is 1. The number of anilines is 1. The maximum absolute atomic E-state index is 11.5. The quantitative estimate of drug-likeness (QED) is 0.875. The maximum atomic E-state index is 11.5. The van der Waals surface area contributed by atoms with E-state index in [0.29, 0.717) is 6.42 Å². The van der Waals surface area contributed by atoms with E-state index in [9.17, 15) is 4.79 Å². The van der Waals surface area contributed by atoms with Gasteiger partial charge in [-0.25, -0.2) is 0 Å². The molecule has 2 aromatic carbocycles. The number of hydrogen-bond donors (Lipinski definition) is 2. The molecule has 1 amide bonds. The van der Waals surface area contributed by atoms with Gasteiger partial charge in [-0.1, -0.05) is 42.5 Å². The van der Waals surface area contributed by atoms with Crippen molar-refractivity contribution in [3.63, 3.8) is 0 Å². The van der Waals surface area contributed by atoms with Gasteiger partial charge < -0.3 is 10.6 Å². The SMILES string of the molecule is CNC(=O)Cc1ccccc1NCc1ccccc1C. The highest BCUT2D eigenvalue weighted by molar-refractivity contribution is 5.80. The van der Waals surface area contributed by atoms with Gasteiger partial charge in [0.2, 0.25) is 5.91 Å². The zero-order valence-electron chi connectivity index (χ0n) is 11.9. The fraction of sp³-hybridized carbons (Fsp3) is 0.235. The fourth-order valence-electron chi connectivity index (χ4n) is 2.11. The normalized spacial score (nSPS) is 10.1. The van der Waals surface area contributed by atoms with Crippen molar-refractivity contribution in [2.75, 3.05) is 12.4 Å². The zero-order chi connectivity index (χ0) is 14.4. The first-order valence-electron chi connectivity index (χ1n) is 6.77. The van der Waals surface area contributed by atoms with E-state index in [1.807, 2.05) is 36.4 Å². The molecule has 0 atom stereocenters. The molecule has 0 bridgehead atoms. The Bertz CT molecular complexity index is 593. The van der Waals surface area contributed by atoms with Crippen molar-refractivity contribution in [1.29, 1.82) is 0 Å². The second-order valence-electron chi connectivity index (χ2n) is 4.79. The van der Waals surface area contributed by atoms with E-state index < -0.39 is 0 Å². The Balaban J connectivity index is 2.10. The van der Waals surface area contributed by atoms with E-state index in [2.05, 4.69) is 29.7 Å². The molecule has 0 radical (unpaired) electrons. The van der Waals surface area contributed by atoms with Crippen LogP contribution in [0.5, 0.6) is 0 Å². The van der Waals surface area contributed by atoms with Crippen LogP contribution < -0.4 is 10.6 Å². The van der Waals surface area contributed by atoms with Crippen LogP contribution >= 0.6 is 0 Å². The number of carbonyl (C=O) groups is 1. The number of rotatable bonds is 5. The smallest absolute Gasteiger partial charge is 0.224 e. The van der Waals surface area contributed by atoms with Gasteiger partial charge in [0.05, 0.1) is 6.42 Å². The van der Waals surface area contributed by atoms with Crippen LogP contribution in [0.4, 0.5) is 5.69 Å². The molecule has 0 aliphatic rings. The van der Waals surface area contributed by atoms with Gasteiger partial charge in [0.1, 0.15) is 0 Å². The summed E-state index contributed by atoms with van der Waals surface area (Å²) < 4.78 is 0. The van der Waals surface area contributed by atoms with Gasteiger partial charge in [-0.3, -0.25) is 4.79 Å². The molecule has 3 nitrogen and oxygen atoms in total. The lowest BCUT2D eigenvalue weighted by Gasteiger charge is -2.13. The number of nitrogens with one attached hydrogen (secondary N) is 2. The second kappa shape index (κ2) is 6.75. The highest BCUT2D eigenvalue weighted by Gasteiger charge is 2.06. The van der Waals surface area contributed by atoms with Gasteiger partial charge in [-0.2, -0.15) is 0 Å². The number of benzene rings is 2. The van der Waals surface area contributed by atoms with Crippen LogP contribution in [-0.4, -0.2) is 13.0 Å². The molecular formula is C17H20N2O. The predicted octanol–water partition coefficient (Wildman–Crippen LogP) is 2.90. The Hall–Kier alpha value is -2.29. The molecule has 20 heavy (non-hydrogen) atoms. The molecule has 0 fully saturated rings. The van der Waals surface area contributed by atoms with Crippen LogP contribution in [0.3, 0.4) is 0 Å². The van der Waals surface area contributed by atoms with Crippen molar-refractivity contribution >= 4 is 11.6 Å². The van der Waals surface area contributed by atoms with Crippen molar-refractivity contribution in [3.05, 3.63) is 65.2 Å². The first kappa shape index (κ1) is 14.1. The first-order chi connectivity index (χ1) is 9.70. The molecule has 0 aliphatic carbocycles. The third kappa shape index (κ3) is 3.60. The summed E-state index contributed by atoms with van der Waals surface area (Å²) in [5, 5.41) is 6.08. The molecule has 0 aromatic heterocycles. The van der Waals surface area contributed by atoms with Crippen molar-refractivity contribution in [3.8, 4) is 0 Å². The van der Waals surface area contributed by atoms with Crippen LogP contribution in [0, 0.1) is 6.92 Å². The van der Waals surface area contributed by atoms with Gasteiger partial charge >= 0.3 is 0 Å². The van der Waals surface area contributed by atoms with Gasteiger partial charge in [0.25, 0.3) is 0 Å². The summed E-state index contributed by atoms with van der Waals surface area (Å²) in [5.41, 5.74) is 4.56. The van der Waals surface area contributed by atoms with E-state index in [-0.39, 0.29) is 5.91 Å². The molecule has 0 aliphatic heterocycles. The van der Waals surface area contributed by atoms with Crippen LogP contribution in [0.15, 0.2) is 48.5 Å². The molecule has 104 valence electrons. The second-order valence-corrected chi connectivity index (χ2v) is 4.79. The van der Waals surface area contributed by atoms with Crippen molar-refractivity contribution in [1.82, 2.24) is 5.32 Å². The average Bonchev–Trinajstić information content (AvgIpc) is 2.47. The van der Waals surface area contributed by atoms with Crippen LogP contribution in [0.1, 0.15) is 16.7 Å². The molecule has 2 aromatic rings. The van der Waals surface area contributed by atoms with E-state index in [4.69, 9.17) is 0 Å². The molecule has 2 rings (SSSR count). The van der Waals surface area contributed by atoms with Gasteiger partial charge in [0.15, 0.2) is 0 Å². The number of amides is 1. The zero-order valence-corrected chi connectivity index (χ0v) is 11.9. The van der Waals surface area contributed by atoms with Crippen molar-refractivity contribution in [2.45, 2.75) is 19.9 Å². The number of likely N-dealkylation sites (N-methyl/N-ethyl adjacent to an activating group) is 1. The number of carbonyl (C=O) groups excluding carboxylic acids is 1. The standard InChI is InChI=1S/C17H20N2O/c1-13-7-3-4-9-15(13)12-19-16-10-6-5-8-14(16)11-17(20)18-2/h3-10,19H,11-12H2,1-2H3,(H,18,20). The summed E-state index contributed by atoms with van der Waals surface area (Å²) in [5.74, 6) is 0.0233. The largest absolute Gasteiger partial charge is 0.381 e. The number of hydrogen-bond acceptors (Lipinski definition) is 2. The molecule has 0 spiro atoms.